The predicted octanol–water partition coefficient (Wildman–Crippen LogP) is 3.42. The van der Waals surface area contributed by atoms with E-state index in [1.165, 1.54) is 28.6 Å². The van der Waals surface area contributed by atoms with Crippen molar-refractivity contribution in [2.24, 2.45) is 17.8 Å². The Morgan fingerprint density at radius 2 is 1.82 bits per heavy atom. The molecule has 220 valence electrons. The number of anilines is 1. The van der Waals surface area contributed by atoms with Gasteiger partial charge in [-0.05, 0) is 42.2 Å². The van der Waals surface area contributed by atoms with Gasteiger partial charge in [0, 0.05) is 24.7 Å². The standard InChI is InChI=1S/C28H36F2N2O7S/c1-18(2)15-32(40(35,36)22-10-8-21(31)9-11-22)16-24(33)20(12-19-6-4-3-5-7-19)13-26(34)38-25-17-37-27-23(25)14-28(29,30)39-27/h3-11,18,20,23-25,27,33H,12-17,31H2,1-2H3/t20-,23-,24-,25+,27-/m1/s1. The molecule has 2 fully saturated rings. The largest absolute Gasteiger partial charge is 0.459 e. The molecule has 9 nitrogen and oxygen atoms in total. The monoisotopic (exact) mass is 582 g/mol. The maximum atomic E-state index is 13.6. The summed E-state index contributed by atoms with van der Waals surface area (Å²) in [4.78, 5) is 13.0. The lowest BCUT2D eigenvalue weighted by Crippen LogP contribution is -2.43. The molecule has 2 aliphatic heterocycles. The minimum Gasteiger partial charge on any atom is -0.459 e. The Kier molecular flexibility index (Phi) is 9.46. The molecule has 2 aromatic rings. The predicted molar refractivity (Wildman–Crippen MR) is 142 cm³/mol. The number of nitrogens with two attached hydrogens (primary N) is 1. The van der Waals surface area contributed by atoms with Crippen LogP contribution in [0.4, 0.5) is 14.5 Å². The molecule has 0 aromatic heterocycles. The molecule has 2 aliphatic rings. The van der Waals surface area contributed by atoms with Crippen molar-refractivity contribution in [1.29, 1.82) is 0 Å². The van der Waals surface area contributed by atoms with Crippen molar-refractivity contribution < 1.29 is 41.3 Å². The van der Waals surface area contributed by atoms with Gasteiger partial charge in [0.15, 0.2) is 6.29 Å². The number of halogens is 2. The Hall–Kier alpha value is -2.64. The van der Waals surface area contributed by atoms with Crippen LogP contribution in [-0.2, 0) is 35.4 Å². The Morgan fingerprint density at radius 3 is 2.48 bits per heavy atom. The summed E-state index contributed by atoms with van der Waals surface area (Å²) in [5.74, 6) is -2.25. The van der Waals surface area contributed by atoms with E-state index in [2.05, 4.69) is 4.74 Å². The van der Waals surface area contributed by atoms with Crippen LogP contribution in [-0.4, -0.2) is 68.1 Å². The highest BCUT2D eigenvalue weighted by Crippen LogP contribution is 2.44. The lowest BCUT2D eigenvalue weighted by molar-refractivity contribution is -0.270. The molecule has 0 aliphatic carbocycles. The van der Waals surface area contributed by atoms with Crippen molar-refractivity contribution in [3.63, 3.8) is 0 Å². The van der Waals surface area contributed by atoms with Gasteiger partial charge in [0.1, 0.15) is 6.10 Å². The van der Waals surface area contributed by atoms with E-state index in [1.807, 2.05) is 44.2 Å². The van der Waals surface area contributed by atoms with Gasteiger partial charge in [-0.1, -0.05) is 44.2 Å². The van der Waals surface area contributed by atoms with Gasteiger partial charge in [-0.15, -0.1) is 0 Å². The van der Waals surface area contributed by atoms with Crippen molar-refractivity contribution >= 4 is 21.7 Å². The second-order valence-electron chi connectivity index (χ2n) is 10.9. The number of fused-ring (bicyclic) bond motifs is 1. The van der Waals surface area contributed by atoms with E-state index in [0.717, 1.165) is 5.56 Å². The third-order valence-corrected chi connectivity index (χ3v) is 8.93. The smallest absolute Gasteiger partial charge is 0.358 e. The zero-order chi connectivity index (χ0) is 29.1. The third-order valence-electron chi connectivity index (χ3n) is 7.09. The van der Waals surface area contributed by atoms with E-state index in [4.69, 9.17) is 15.2 Å². The fourth-order valence-electron chi connectivity index (χ4n) is 5.09. The lowest BCUT2D eigenvalue weighted by atomic mass is 9.90. The molecule has 40 heavy (non-hydrogen) atoms. The Labute approximate surface area is 233 Å². The maximum Gasteiger partial charge on any atom is 0.358 e. The van der Waals surface area contributed by atoms with Gasteiger partial charge < -0.3 is 20.3 Å². The molecule has 0 amide bonds. The zero-order valence-electron chi connectivity index (χ0n) is 22.5. The number of sulfonamides is 1. The minimum atomic E-state index is -3.98. The maximum absolute atomic E-state index is 13.6. The summed E-state index contributed by atoms with van der Waals surface area (Å²) >= 11 is 0. The van der Waals surface area contributed by atoms with Gasteiger partial charge >= 0.3 is 12.1 Å². The molecule has 2 saturated heterocycles. The topological polar surface area (TPSA) is 128 Å². The first-order valence-electron chi connectivity index (χ1n) is 13.3. The molecule has 4 rings (SSSR count). The van der Waals surface area contributed by atoms with Crippen LogP contribution in [0.5, 0.6) is 0 Å². The van der Waals surface area contributed by atoms with Gasteiger partial charge in [0.05, 0.1) is 36.4 Å². The summed E-state index contributed by atoms with van der Waals surface area (Å²) in [7, 11) is -3.98. The molecule has 2 aromatic carbocycles. The van der Waals surface area contributed by atoms with Gasteiger partial charge in [-0.25, -0.2) is 8.42 Å². The number of alkyl halides is 2. The number of ether oxygens (including phenoxy) is 3. The molecule has 3 N–H and O–H groups in total. The van der Waals surface area contributed by atoms with Crippen molar-refractivity contribution in [2.75, 3.05) is 25.4 Å². The molecule has 0 unspecified atom stereocenters. The number of nitrogen functional groups attached to an aromatic ring is 1. The number of carbonyl (C=O) groups excluding carboxylic acids is 1. The number of rotatable bonds is 12. The van der Waals surface area contributed by atoms with Gasteiger partial charge in [-0.3, -0.25) is 9.53 Å². The van der Waals surface area contributed by atoms with Crippen LogP contribution < -0.4 is 5.73 Å². The van der Waals surface area contributed by atoms with Gasteiger partial charge in [0.25, 0.3) is 0 Å². The van der Waals surface area contributed by atoms with Crippen LogP contribution >= 0.6 is 0 Å². The lowest BCUT2D eigenvalue weighted by Gasteiger charge is -2.30. The summed E-state index contributed by atoms with van der Waals surface area (Å²) < 4.78 is 70.9. The highest BCUT2D eigenvalue weighted by atomic mass is 32.2. The van der Waals surface area contributed by atoms with E-state index >= 15 is 0 Å². The minimum absolute atomic E-state index is 0.0416. The number of carbonyl (C=O) groups is 1. The van der Waals surface area contributed by atoms with Crippen molar-refractivity contribution in [3.8, 4) is 0 Å². The number of benzene rings is 2. The summed E-state index contributed by atoms with van der Waals surface area (Å²) in [6, 6.07) is 15.0. The second kappa shape index (κ2) is 12.5. The number of aliphatic hydroxyl groups excluding tert-OH is 1. The highest BCUT2D eigenvalue weighted by Gasteiger charge is 2.56. The van der Waals surface area contributed by atoms with Crippen LogP contribution in [0.2, 0.25) is 0 Å². The normalized spacial score (nSPS) is 23.7. The summed E-state index contributed by atoms with van der Waals surface area (Å²) in [5, 5.41) is 11.4. The molecule has 12 heteroatoms. The van der Waals surface area contributed by atoms with Crippen molar-refractivity contribution in [2.45, 2.75) is 62.6 Å². The van der Waals surface area contributed by atoms with Crippen LogP contribution in [0.15, 0.2) is 59.5 Å². The Morgan fingerprint density at radius 1 is 1.15 bits per heavy atom. The van der Waals surface area contributed by atoms with Crippen molar-refractivity contribution in [3.05, 3.63) is 60.2 Å². The van der Waals surface area contributed by atoms with E-state index in [9.17, 15) is 27.1 Å². The molecule has 0 radical (unpaired) electrons. The first-order valence-corrected chi connectivity index (χ1v) is 14.7. The van der Waals surface area contributed by atoms with E-state index in [0.29, 0.717) is 5.69 Å². The molecular weight excluding hydrogens is 546 g/mol. The van der Waals surface area contributed by atoms with Crippen LogP contribution in [0.3, 0.4) is 0 Å². The third kappa shape index (κ3) is 7.55. The van der Waals surface area contributed by atoms with Crippen LogP contribution in [0, 0.1) is 17.8 Å². The molecule has 0 saturated carbocycles. The van der Waals surface area contributed by atoms with Crippen molar-refractivity contribution in [1.82, 2.24) is 4.31 Å². The molecule has 2 heterocycles. The average Bonchev–Trinajstić information content (AvgIpc) is 3.38. The number of nitrogens with zero attached hydrogens (tertiary/aromatic N) is 1. The summed E-state index contributed by atoms with van der Waals surface area (Å²) in [6.45, 7) is 3.55. The quantitative estimate of drug-likeness (QED) is 0.288. The number of esters is 1. The number of aliphatic hydroxyl groups is 1. The number of hydrogen-bond donors (Lipinski definition) is 2. The molecular formula is C28H36F2N2O7S. The first-order chi connectivity index (χ1) is 18.8. The average molecular weight is 583 g/mol. The number of hydrogen-bond acceptors (Lipinski definition) is 8. The SMILES string of the molecule is CC(C)CN(C[C@@H](O)[C@@H](CC(=O)O[C@H]1CO[C@@H]2OC(F)(F)C[C@@H]21)Cc1ccccc1)S(=O)(=O)c1ccc(N)cc1. The van der Waals surface area contributed by atoms with Crippen LogP contribution in [0.25, 0.3) is 0 Å². The van der Waals surface area contributed by atoms with E-state index < -0.39 is 58.9 Å². The first kappa shape index (κ1) is 30.3. The van der Waals surface area contributed by atoms with E-state index in [1.54, 1.807) is 0 Å². The molecule has 0 bridgehead atoms. The van der Waals surface area contributed by atoms with Gasteiger partial charge in [-0.2, -0.15) is 13.1 Å². The van der Waals surface area contributed by atoms with E-state index in [-0.39, 0.29) is 43.4 Å². The summed E-state index contributed by atoms with van der Waals surface area (Å²) in [5.41, 5.74) is 6.98. The van der Waals surface area contributed by atoms with Gasteiger partial charge in [0.2, 0.25) is 10.0 Å². The molecule has 0 spiro atoms. The Bertz CT molecular complexity index is 1250. The highest BCUT2D eigenvalue weighted by molar-refractivity contribution is 7.89. The molecule has 5 atom stereocenters. The van der Waals surface area contributed by atoms with Crippen LogP contribution in [0.1, 0.15) is 32.3 Å². The summed E-state index contributed by atoms with van der Waals surface area (Å²) in [6.07, 6.45) is -7.21. The Balaban J connectivity index is 1.50. The fourth-order valence-corrected chi connectivity index (χ4v) is 6.71. The second-order valence-corrected chi connectivity index (χ2v) is 12.8. The fraction of sp³-hybridized carbons (Fsp3) is 0.536. The zero-order valence-corrected chi connectivity index (χ0v) is 23.3.